The molecule has 1 saturated heterocycles. The van der Waals surface area contributed by atoms with Crippen LogP contribution in [-0.4, -0.2) is 30.6 Å². The number of aromatic nitrogens is 1. The quantitative estimate of drug-likeness (QED) is 0.637. The Kier molecular flexibility index (Phi) is 6.64. The predicted octanol–water partition coefficient (Wildman–Crippen LogP) is 5.21. The van der Waals surface area contributed by atoms with Crippen molar-refractivity contribution < 1.29 is 31.5 Å². The molecular weight excluding hydrogens is 433 g/mol. The lowest BCUT2D eigenvalue weighted by atomic mass is 9.95. The number of halogens is 6. The molecule has 1 aliphatic rings. The number of carbonyl (C=O) groups is 1. The van der Waals surface area contributed by atoms with E-state index in [4.69, 9.17) is 11.6 Å². The van der Waals surface area contributed by atoms with Crippen LogP contribution < -0.4 is 15.0 Å². The maximum atomic E-state index is 12.6. The number of benzene rings is 1. The van der Waals surface area contributed by atoms with Crippen LogP contribution in [0.4, 0.5) is 33.5 Å². The van der Waals surface area contributed by atoms with Crippen molar-refractivity contribution in [3.8, 4) is 5.75 Å². The fraction of sp³-hybridized carbons (Fsp3) is 0.368. The number of rotatable bonds is 5. The van der Waals surface area contributed by atoms with Crippen molar-refractivity contribution in [2.24, 2.45) is 5.92 Å². The summed E-state index contributed by atoms with van der Waals surface area (Å²) in [6, 6.07) is 6.25. The molecule has 1 aromatic heterocycles. The van der Waals surface area contributed by atoms with Crippen LogP contribution >= 0.6 is 11.6 Å². The number of pyridine rings is 1. The molecule has 2 heterocycles. The van der Waals surface area contributed by atoms with Gasteiger partial charge >= 0.3 is 12.8 Å². The van der Waals surface area contributed by atoms with Crippen LogP contribution in [0.1, 0.15) is 18.4 Å². The lowest BCUT2D eigenvalue weighted by Gasteiger charge is -2.32. The first kappa shape index (κ1) is 22.1. The molecule has 1 aromatic carbocycles. The topological polar surface area (TPSA) is 54.5 Å². The summed E-state index contributed by atoms with van der Waals surface area (Å²) >= 11 is 5.88. The highest BCUT2D eigenvalue weighted by molar-refractivity contribution is 6.32. The first-order chi connectivity index (χ1) is 14.1. The maximum Gasteiger partial charge on any atom is 0.417 e. The van der Waals surface area contributed by atoms with Gasteiger partial charge < -0.3 is 15.0 Å². The summed E-state index contributed by atoms with van der Waals surface area (Å²) in [7, 11) is 0. The number of carbonyl (C=O) groups excluding carboxylic acids is 1. The van der Waals surface area contributed by atoms with Crippen molar-refractivity contribution in [3.05, 3.63) is 47.1 Å². The Bertz CT molecular complexity index is 885. The highest BCUT2D eigenvalue weighted by Gasteiger charge is 2.31. The summed E-state index contributed by atoms with van der Waals surface area (Å²) < 4.78 is 66.7. The Morgan fingerprint density at radius 1 is 1.20 bits per heavy atom. The fourth-order valence-corrected chi connectivity index (χ4v) is 3.35. The van der Waals surface area contributed by atoms with Gasteiger partial charge in [-0.25, -0.2) is 4.98 Å². The molecule has 11 heteroatoms. The van der Waals surface area contributed by atoms with E-state index in [1.165, 1.54) is 24.3 Å². The van der Waals surface area contributed by atoms with Gasteiger partial charge in [0.1, 0.15) is 11.6 Å². The van der Waals surface area contributed by atoms with Crippen molar-refractivity contribution in [2.45, 2.75) is 25.6 Å². The molecular formula is C19H17ClF5N3O2. The number of ether oxygens (including phenoxy) is 1. The third-order valence-electron chi connectivity index (χ3n) is 4.68. The van der Waals surface area contributed by atoms with Gasteiger partial charge in [-0.3, -0.25) is 4.79 Å². The summed E-state index contributed by atoms with van der Waals surface area (Å²) in [5, 5.41) is 2.63. The molecule has 3 rings (SSSR count). The van der Waals surface area contributed by atoms with Gasteiger partial charge in [0, 0.05) is 30.9 Å². The largest absolute Gasteiger partial charge is 0.433 e. The standard InChI is InChI=1S/C19H17ClF5N3O2/c20-14-9-13(2-3-15(14)30-18(21)22)27-17(29)11-5-7-28(8-6-11)16-4-1-12(10-26-16)19(23,24)25/h1-4,9-11,18H,5-8H2,(H,27,29). The van der Waals surface area contributed by atoms with E-state index in [0.29, 0.717) is 37.4 Å². The molecule has 162 valence electrons. The SMILES string of the molecule is O=C(Nc1ccc(OC(F)F)c(Cl)c1)C1CCN(c2ccc(C(F)(F)F)cn2)CC1. The first-order valence-corrected chi connectivity index (χ1v) is 9.34. The van der Waals surface area contributed by atoms with Crippen molar-refractivity contribution in [2.75, 3.05) is 23.3 Å². The van der Waals surface area contributed by atoms with Gasteiger partial charge in [-0.15, -0.1) is 0 Å². The molecule has 1 fully saturated rings. The molecule has 0 bridgehead atoms. The van der Waals surface area contributed by atoms with Gasteiger partial charge in [-0.2, -0.15) is 22.0 Å². The molecule has 0 atom stereocenters. The minimum atomic E-state index is -4.44. The number of alkyl halides is 5. The van der Waals surface area contributed by atoms with Crippen molar-refractivity contribution in [1.29, 1.82) is 0 Å². The molecule has 30 heavy (non-hydrogen) atoms. The molecule has 1 aliphatic heterocycles. The second kappa shape index (κ2) is 9.03. The van der Waals surface area contributed by atoms with Crippen molar-refractivity contribution >= 4 is 29.0 Å². The van der Waals surface area contributed by atoms with E-state index in [2.05, 4.69) is 15.0 Å². The van der Waals surface area contributed by atoms with Gasteiger partial charge in [0.05, 0.1) is 10.6 Å². The maximum absolute atomic E-state index is 12.6. The van der Waals surface area contributed by atoms with Gasteiger partial charge in [0.2, 0.25) is 5.91 Å². The zero-order valence-electron chi connectivity index (χ0n) is 15.4. The lowest BCUT2D eigenvalue weighted by Crippen LogP contribution is -2.38. The number of hydrogen-bond acceptors (Lipinski definition) is 4. The van der Waals surface area contributed by atoms with Crippen LogP contribution in [0, 0.1) is 5.92 Å². The second-order valence-corrected chi connectivity index (χ2v) is 7.08. The highest BCUT2D eigenvalue weighted by Crippen LogP contribution is 2.31. The van der Waals surface area contributed by atoms with Crippen LogP contribution in [0.2, 0.25) is 5.02 Å². The van der Waals surface area contributed by atoms with Gasteiger partial charge in [-0.05, 0) is 43.2 Å². The molecule has 0 radical (unpaired) electrons. The number of nitrogens with zero attached hydrogens (tertiary/aromatic N) is 2. The average Bonchev–Trinajstić information content (AvgIpc) is 2.69. The van der Waals surface area contributed by atoms with E-state index in [0.717, 1.165) is 12.3 Å². The highest BCUT2D eigenvalue weighted by atomic mass is 35.5. The van der Waals surface area contributed by atoms with Crippen LogP contribution in [0.3, 0.4) is 0 Å². The summed E-state index contributed by atoms with van der Waals surface area (Å²) in [5.74, 6) is -0.342. The van der Waals surface area contributed by atoms with E-state index in [1.54, 1.807) is 0 Å². The van der Waals surface area contributed by atoms with Crippen LogP contribution in [0.25, 0.3) is 0 Å². The van der Waals surface area contributed by atoms with Crippen molar-refractivity contribution in [1.82, 2.24) is 4.98 Å². The first-order valence-electron chi connectivity index (χ1n) is 8.97. The van der Waals surface area contributed by atoms with E-state index >= 15 is 0 Å². The minimum Gasteiger partial charge on any atom is -0.433 e. The molecule has 2 aromatic rings. The van der Waals surface area contributed by atoms with Crippen LogP contribution in [0.5, 0.6) is 5.75 Å². The van der Waals surface area contributed by atoms with Crippen LogP contribution in [-0.2, 0) is 11.0 Å². The molecule has 0 spiro atoms. The van der Waals surface area contributed by atoms with E-state index in [-0.39, 0.29) is 22.6 Å². The van der Waals surface area contributed by atoms with E-state index in [9.17, 15) is 26.7 Å². The zero-order valence-corrected chi connectivity index (χ0v) is 16.2. The molecule has 1 amide bonds. The molecule has 0 aliphatic carbocycles. The number of nitrogens with one attached hydrogen (secondary N) is 1. The third-order valence-corrected chi connectivity index (χ3v) is 4.98. The Hall–Kier alpha value is -2.62. The summed E-state index contributed by atoms with van der Waals surface area (Å²) in [6.07, 6.45) is -2.69. The number of amides is 1. The van der Waals surface area contributed by atoms with E-state index < -0.39 is 18.4 Å². The molecule has 1 N–H and O–H groups in total. The summed E-state index contributed by atoms with van der Waals surface area (Å²) in [4.78, 5) is 18.2. The third kappa shape index (κ3) is 5.50. The van der Waals surface area contributed by atoms with Gasteiger partial charge in [0.15, 0.2) is 0 Å². The summed E-state index contributed by atoms with van der Waals surface area (Å²) in [5.41, 5.74) is -0.470. The Morgan fingerprint density at radius 3 is 2.43 bits per heavy atom. The van der Waals surface area contributed by atoms with E-state index in [1.807, 2.05) is 4.90 Å². The minimum absolute atomic E-state index is 0.0590. The summed E-state index contributed by atoms with van der Waals surface area (Å²) in [6.45, 7) is -2.09. The Labute approximate surface area is 173 Å². The van der Waals surface area contributed by atoms with Gasteiger partial charge in [-0.1, -0.05) is 11.6 Å². The van der Waals surface area contributed by atoms with Crippen LogP contribution in [0.15, 0.2) is 36.5 Å². The normalized spacial score (nSPS) is 15.4. The molecule has 0 saturated carbocycles. The smallest absolute Gasteiger partial charge is 0.417 e. The fourth-order valence-electron chi connectivity index (χ4n) is 3.13. The number of piperidine rings is 1. The Balaban J connectivity index is 1.55. The average molecular weight is 450 g/mol. The monoisotopic (exact) mass is 449 g/mol. The predicted molar refractivity (Wildman–Crippen MR) is 101 cm³/mol. The Morgan fingerprint density at radius 2 is 1.90 bits per heavy atom. The zero-order chi connectivity index (χ0) is 21.9. The van der Waals surface area contributed by atoms with Gasteiger partial charge in [0.25, 0.3) is 0 Å². The number of anilines is 2. The number of hydrogen-bond donors (Lipinski definition) is 1. The second-order valence-electron chi connectivity index (χ2n) is 6.68. The molecule has 0 unspecified atom stereocenters. The lowest BCUT2D eigenvalue weighted by molar-refractivity contribution is -0.137. The molecule has 5 nitrogen and oxygen atoms in total. The van der Waals surface area contributed by atoms with Crippen molar-refractivity contribution in [3.63, 3.8) is 0 Å².